The Morgan fingerprint density at radius 3 is 2.86 bits per heavy atom. The van der Waals surface area contributed by atoms with E-state index >= 15 is 0 Å². The van der Waals surface area contributed by atoms with Crippen LogP contribution in [0.1, 0.15) is 16.9 Å². The van der Waals surface area contributed by atoms with Crippen LogP contribution in [-0.2, 0) is 4.79 Å². The zero-order chi connectivity index (χ0) is 15.4. The molecule has 1 saturated heterocycles. The minimum absolute atomic E-state index is 0.0103. The molecule has 116 valence electrons. The van der Waals surface area contributed by atoms with Crippen LogP contribution >= 0.6 is 0 Å². The molecule has 1 aromatic rings. The molecule has 2 atom stereocenters. The zero-order valence-corrected chi connectivity index (χ0v) is 12.4. The first-order valence-corrected chi connectivity index (χ1v) is 7.02. The molecule has 0 aliphatic carbocycles. The molecule has 3 N–H and O–H groups in total. The standard InChI is InChI=1S/C14H22N4O3/c1-17(2)13(20)9-18-7-5-10(12(19)8-18)16-14(21)11-4-3-6-15-11/h3-4,6,10,12,15,19H,5,7-9H2,1-2H3,(H,16,21)/t10-,12-/m1/s1. The number of aromatic nitrogens is 1. The molecule has 1 aliphatic heterocycles. The summed E-state index contributed by atoms with van der Waals surface area (Å²) in [6.45, 7) is 1.35. The molecule has 0 unspecified atom stereocenters. The Hall–Kier alpha value is -1.86. The van der Waals surface area contributed by atoms with Crippen molar-refractivity contribution < 1.29 is 14.7 Å². The Labute approximate surface area is 123 Å². The third-order valence-corrected chi connectivity index (χ3v) is 3.68. The first-order valence-electron chi connectivity index (χ1n) is 7.02. The molecule has 1 fully saturated rings. The van der Waals surface area contributed by atoms with Gasteiger partial charge in [0.05, 0.1) is 18.7 Å². The topological polar surface area (TPSA) is 88.7 Å². The molecule has 7 nitrogen and oxygen atoms in total. The summed E-state index contributed by atoms with van der Waals surface area (Å²) in [5.74, 6) is -0.210. The maximum Gasteiger partial charge on any atom is 0.267 e. The highest BCUT2D eigenvalue weighted by atomic mass is 16.3. The van der Waals surface area contributed by atoms with Crippen LogP contribution in [0, 0.1) is 0 Å². The lowest BCUT2D eigenvalue weighted by Gasteiger charge is -2.36. The number of aliphatic hydroxyl groups excluding tert-OH is 1. The van der Waals surface area contributed by atoms with E-state index in [1.54, 1.807) is 32.4 Å². The third kappa shape index (κ3) is 4.05. The molecule has 0 radical (unpaired) electrons. The number of nitrogens with one attached hydrogen (secondary N) is 2. The quantitative estimate of drug-likeness (QED) is 0.683. The van der Waals surface area contributed by atoms with Crippen LogP contribution in [-0.4, -0.2) is 77.6 Å². The molecule has 1 aromatic heterocycles. The van der Waals surface area contributed by atoms with Gasteiger partial charge in [-0.3, -0.25) is 14.5 Å². The lowest BCUT2D eigenvalue weighted by atomic mass is 10.0. The second kappa shape index (κ2) is 6.73. The largest absolute Gasteiger partial charge is 0.390 e. The van der Waals surface area contributed by atoms with Crippen LogP contribution in [0.4, 0.5) is 0 Å². The lowest BCUT2D eigenvalue weighted by Crippen LogP contribution is -2.55. The molecule has 21 heavy (non-hydrogen) atoms. The fourth-order valence-corrected chi connectivity index (χ4v) is 2.36. The van der Waals surface area contributed by atoms with Crippen molar-refractivity contribution >= 4 is 11.8 Å². The molecule has 2 amide bonds. The predicted octanol–water partition coefficient (Wildman–Crippen LogP) is -0.732. The van der Waals surface area contributed by atoms with Crippen molar-refractivity contribution in [1.29, 1.82) is 0 Å². The summed E-state index contributed by atoms with van der Waals surface area (Å²) in [7, 11) is 3.42. The first kappa shape index (κ1) is 15.5. The monoisotopic (exact) mass is 294 g/mol. The van der Waals surface area contributed by atoms with Crippen LogP contribution in [0.15, 0.2) is 18.3 Å². The number of amides is 2. The molecular weight excluding hydrogens is 272 g/mol. The minimum Gasteiger partial charge on any atom is -0.390 e. The zero-order valence-electron chi connectivity index (χ0n) is 12.4. The summed E-state index contributed by atoms with van der Waals surface area (Å²) in [6, 6.07) is 3.15. The maximum absolute atomic E-state index is 11.9. The van der Waals surface area contributed by atoms with Crippen molar-refractivity contribution in [3.05, 3.63) is 24.0 Å². The number of likely N-dealkylation sites (N-methyl/N-ethyl adjacent to an activating group) is 1. The number of aliphatic hydroxyl groups is 1. The number of likely N-dealkylation sites (tertiary alicyclic amines) is 1. The smallest absolute Gasteiger partial charge is 0.267 e. The predicted molar refractivity (Wildman–Crippen MR) is 77.8 cm³/mol. The van der Waals surface area contributed by atoms with Crippen LogP contribution in [0.2, 0.25) is 0 Å². The lowest BCUT2D eigenvalue weighted by molar-refractivity contribution is -0.130. The van der Waals surface area contributed by atoms with E-state index in [1.807, 2.05) is 4.90 Å². The summed E-state index contributed by atoms with van der Waals surface area (Å²) in [4.78, 5) is 29.9. The number of β-amino-alcohol motifs (C(OH)–C–C–N with tert-alkyl or cyclic N) is 1. The van der Waals surface area contributed by atoms with Gasteiger partial charge in [-0.05, 0) is 18.6 Å². The molecule has 0 aromatic carbocycles. The summed E-state index contributed by atoms with van der Waals surface area (Å²) in [5, 5.41) is 13.0. The van der Waals surface area contributed by atoms with E-state index in [0.717, 1.165) is 0 Å². The molecule has 0 saturated carbocycles. The van der Waals surface area contributed by atoms with Crippen molar-refractivity contribution in [2.75, 3.05) is 33.7 Å². The van der Waals surface area contributed by atoms with Crippen LogP contribution in [0.5, 0.6) is 0 Å². The van der Waals surface area contributed by atoms with Gasteiger partial charge < -0.3 is 20.3 Å². The number of piperidine rings is 1. The summed E-state index contributed by atoms with van der Waals surface area (Å²) < 4.78 is 0. The maximum atomic E-state index is 11.9. The molecular formula is C14H22N4O3. The van der Waals surface area contributed by atoms with E-state index in [-0.39, 0.29) is 17.9 Å². The van der Waals surface area contributed by atoms with E-state index in [9.17, 15) is 14.7 Å². The van der Waals surface area contributed by atoms with E-state index < -0.39 is 6.10 Å². The molecule has 0 spiro atoms. The van der Waals surface area contributed by atoms with E-state index in [1.165, 1.54) is 4.90 Å². The average molecular weight is 294 g/mol. The number of carbonyl (C=O) groups excluding carboxylic acids is 2. The van der Waals surface area contributed by atoms with Gasteiger partial charge in [0, 0.05) is 33.4 Å². The molecule has 0 bridgehead atoms. The van der Waals surface area contributed by atoms with Gasteiger partial charge in [-0.15, -0.1) is 0 Å². The SMILES string of the molecule is CN(C)C(=O)CN1CC[C@@H](NC(=O)c2ccc[nH]2)[C@H](O)C1. The number of aromatic amines is 1. The minimum atomic E-state index is -0.673. The second-order valence-corrected chi connectivity index (χ2v) is 5.54. The fourth-order valence-electron chi connectivity index (χ4n) is 2.36. The Morgan fingerprint density at radius 2 is 2.29 bits per heavy atom. The first-order chi connectivity index (χ1) is 9.97. The average Bonchev–Trinajstić information content (AvgIpc) is 2.95. The van der Waals surface area contributed by atoms with Gasteiger partial charge in [0.1, 0.15) is 5.69 Å². The van der Waals surface area contributed by atoms with Crippen LogP contribution < -0.4 is 5.32 Å². The molecule has 1 aliphatic rings. The Balaban J connectivity index is 1.84. The van der Waals surface area contributed by atoms with E-state index in [2.05, 4.69) is 10.3 Å². The highest BCUT2D eigenvalue weighted by molar-refractivity contribution is 5.92. The van der Waals surface area contributed by atoms with Gasteiger partial charge in [-0.1, -0.05) is 0 Å². The molecule has 2 heterocycles. The van der Waals surface area contributed by atoms with Crippen molar-refractivity contribution in [2.24, 2.45) is 0 Å². The number of H-pyrrole nitrogens is 1. The third-order valence-electron chi connectivity index (χ3n) is 3.68. The molecule has 2 rings (SSSR count). The fraction of sp³-hybridized carbons (Fsp3) is 0.571. The number of hydrogen-bond donors (Lipinski definition) is 3. The number of hydrogen-bond acceptors (Lipinski definition) is 4. The highest BCUT2D eigenvalue weighted by Crippen LogP contribution is 2.12. The number of nitrogens with zero attached hydrogens (tertiary/aromatic N) is 2. The van der Waals surface area contributed by atoms with Gasteiger partial charge in [-0.2, -0.15) is 0 Å². The number of carbonyl (C=O) groups is 2. The highest BCUT2D eigenvalue weighted by Gasteiger charge is 2.30. The summed E-state index contributed by atoms with van der Waals surface area (Å²) in [5.41, 5.74) is 0.479. The van der Waals surface area contributed by atoms with E-state index in [0.29, 0.717) is 31.7 Å². The molecule has 7 heteroatoms. The Bertz CT molecular complexity index is 486. The summed E-state index contributed by atoms with van der Waals surface area (Å²) >= 11 is 0. The van der Waals surface area contributed by atoms with Gasteiger partial charge in [0.15, 0.2) is 0 Å². The number of rotatable bonds is 4. The van der Waals surface area contributed by atoms with Gasteiger partial charge in [0.2, 0.25) is 5.91 Å². The Morgan fingerprint density at radius 1 is 1.52 bits per heavy atom. The van der Waals surface area contributed by atoms with Gasteiger partial charge in [-0.25, -0.2) is 0 Å². The second-order valence-electron chi connectivity index (χ2n) is 5.54. The van der Waals surface area contributed by atoms with Crippen molar-refractivity contribution in [1.82, 2.24) is 20.1 Å². The van der Waals surface area contributed by atoms with E-state index in [4.69, 9.17) is 0 Å². The van der Waals surface area contributed by atoms with Gasteiger partial charge in [0.25, 0.3) is 5.91 Å². The van der Waals surface area contributed by atoms with Crippen molar-refractivity contribution in [3.8, 4) is 0 Å². The van der Waals surface area contributed by atoms with Crippen LogP contribution in [0.3, 0.4) is 0 Å². The van der Waals surface area contributed by atoms with Crippen molar-refractivity contribution in [3.63, 3.8) is 0 Å². The van der Waals surface area contributed by atoms with Gasteiger partial charge >= 0.3 is 0 Å². The normalized spacial score (nSPS) is 22.8. The Kier molecular flexibility index (Phi) is 4.98. The van der Waals surface area contributed by atoms with Crippen LogP contribution in [0.25, 0.3) is 0 Å². The summed E-state index contributed by atoms with van der Waals surface area (Å²) in [6.07, 6.45) is 1.63. The van der Waals surface area contributed by atoms with Crippen molar-refractivity contribution in [2.45, 2.75) is 18.6 Å².